The predicted molar refractivity (Wildman–Crippen MR) is 82.0 cm³/mol. The first-order valence-electron chi connectivity index (χ1n) is 4.79. The van der Waals surface area contributed by atoms with Crippen molar-refractivity contribution in [2.24, 2.45) is 0 Å². The van der Waals surface area contributed by atoms with Gasteiger partial charge in [-0.15, -0.1) is 0 Å². The van der Waals surface area contributed by atoms with Gasteiger partial charge in [0.15, 0.2) is 0 Å². The Morgan fingerprint density at radius 3 is 2.83 bits per heavy atom. The largest absolute Gasteiger partial charge is 0.495 e. The van der Waals surface area contributed by atoms with Crippen LogP contribution in [0.5, 0.6) is 5.75 Å². The molecule has 1 saturated heterocycles. The maximum absolute atomic E-state index is 11.6. The summed E-state index contributed by atoms with van der Waals surface area (Å²) in [5, 5.41) is 3.03. The van der Waals surface area contributed by atoms with Gasteiger partial charge in [0.25, 0.3) is 5.91 Å². The molecule has 1 fully saturated rings. The number of amides is 1. The second kappa shape index (κ2) is 5.61. The summed E-state index contributed by atoms with van der Waals surface area (Å²) in [4.78, 5) is 12.1. The van der Waals surface area contributed by atoms with Gasteiger partial charge in [0.2, 0.25) is 0 Å². The van der Waals surface area contributed by atoms with Crippen molar-refractivity contribution in [1.29, 1.82) is 0 Å². The van der Waals surface area contributed by atoms with E-state index in [0.29, 0.717) is 20.0 Å². The van der Waals surface area contributed by atoms with Gasteiger partial charge >= 0.3 is 0 Å². The number of thioether (sulfide) groups is 1. The van der Waals surface area contributed by atoms with Crippen LogP contribution >= 0.6 is 51.5 Å². The van der Waals surface area contributed by atoms with Crippen LogP contribution in [0.3, 0.4) is 0 Å². The van der Waals surface area contributed by atoms with E-state index in [0.717, 1.165) is 10.0 Å². The molecule has 7 heteroatoms. The number of rotatable bonds is 2. The number of methoxy groups -OCH3 is 1. The molecule has 18 heavy (non-hydrogen) atoms. The number of nitrogens with one attached hydrogen (secondary N) is 1. The van der Waals surface area contributed by atoms with Gasteiger partial charge in [-0.05, 0) is 18.2 Å². The Morgan fingerprint density at radius 2 is 2.28 bits per heavy atom. The molecule has 1 N–H and O–H groups in total. The quantitative estimate of drug-likeness (QED) is 0.643. The van der Waals surface area contributed by atoms with E-state index in [1.165, 1.54) is 18.9 Å². The van der Waals surface area contributed by atoms with E-state index < -0.39 is 0 Å². The molecular formula is C11H7BrClNO2S2. The van der Waals surface area contributed by atoms with Crippen LogP contribution in [-0.4, -0.2) is 17.3 Å². The van der Waals surface area contributed by atoms with Crippen LogP contribution in [0.25, 0.3) is 6.08 Å². The normalized spacial score (nSPS) is 17.2. The molecule has 0 saturated carbocycles. The maximum Gasteiger partial charge on any atom is 0.263 e. The lowest BCUT2D eigenvalue weighted by Crippen LogP contribution is -2.17. The first kappa shape index (κ1) is 13.9. The van der Waals surface area contributed by atoms with Crippen LogP contribution < -0.4 is 10.1 Å². The van der Waals surface area contributed by atoms with Gasteiger partial charge in [0, 0.05) is 10.0 Å². The number of hydrogen-bond donors (Lipinski definition) is 1. The van der Waals surface area contributed by atoms with E-state index in [1.54, 1.807) is 12.1 Å². The average molecular weight is 365 g/mol. The van der Waals surface area contributed by atoms with Crippen molar-refractivity contribution < 1.29 is 9.53 Å². The monoisotopic (exact) mass is 363 g/mol. The number of benzene rings is 1. The fourth-order valence-corrected chi connectivity index (χ4v) is 3.41. The van der Waals surface area contributed by atoms with Crippen molar-refractivity contribution >= 4 is 67.8 Å². The van der Waals surface area contributed by atoms with Crippen LogP contribution in [0, 0.1) is 0 Å². The van der Waals surface area contributed by atoms with Gasteiger partial charge < -0.3 is 10.1 Å². The molecule has 1 aromatic carbocycles. The first-order chi connectivity index (χ1) is 8.51. The Balaban J connectivity index is 2.48. The summed E-state index contributed by atoms with van der Waals surface area (Å²) in [7, 11) is 1.53. The molecule has 1 heterocycles. The number of carbonyl (C=O) groups excluding carboxylic acids is 1. The highest BCUT2D eigenvalue weighted by Gasteiger charge is 2.22. The molecule has 1 aliphatic heterocycles. The predicted octanol–water partition coefficient (Wildman–Crippen LogP) is 3.60. The molecule has 1 amide bonds. The zero-order valence-corrected chi connectivity index (χ0v) is 13.1. The summed E-state index contributed by atoms with van der Waals surface area (Å²) in [5.74, 6) is 0.321. The molecule has 1 aromatic rings. The lowest BCUT2D eigenvalue weighted by molar-refractivity contribution is -0.115. The molecule has 0 radical (unpaired) electrons. The second-order valence-corrected chi connectivity index (χ2v) is 6.40. The van der Waals surface area contributed by atoms with Crippen molar-refractivity contribution in [3.8, 4) is 5.75 Å². The third kappa shape index (κ3) is 2.88. The standard InChI is InChI=1S/C11H7BrClNO2S2/c1-16-9-5(2-6(12)4-7(9)13)3-8-10(15)14-11(17)18-8/h2-4H,1H3,(H,14,15,17)/b8-3-. The van der Waals surface area contributed by atoms with Crippen LogP contribution in [0.1, 0.15) is 5.56 Å². The molecule has 1 aliphatic rings. The van der Waals surface area contributed by atoms with E-state index >= 15 is 0 Å². The minimum Gasteiger partial charge on any atom is -0.495 e. The molecule has 0 bridgehead atoms. The lowest BCUT2D eigenvalue weighted by Gasteiger charge is -2.08. The smallest absolute Gasteiger partial charge is 0.263 e. The number of hydrogen-bond acceptors (Lipinski definition) is 4. The van der Waals surface area contributed by atoms with Crippen LogP contribution in [0.15, 0.2) is 21.5 Å². The van der Waals surface area contributed by atoms with Crippen LogP contribution in [0.2, 0.25) is 5.02 Å². The average Bonchev–Trinajstić information content (AvgIpc) is 2.57. The minimum absolute atomic E-state index is 0.205. The van der Waals surface area contributed by atoms with E-state index in [-0.39, 0.29) is 5.91 Å². The van der Waals surface area contributed by atoms with E-state index in [2.05, 4.69) is 21.2 Å². The van der Waals surface area contributed by atoms with E-state index in [4.69, 9.17) is 28.6 Å². The molecule has 0 unspecified atom stereocenters. The van der Waals surface area contributed by atoms with Crippen molar-refractivity contribution in [2.45, 2.75) is 0 Å². The number of thiocarbonyl (C=S) groups is 1. The maximum atomic E-state index is 11.6. The Morgan fingerprint density at radius 1 is 1.56 bits per heavy atom. The zero-order chi connectivity index (χ0) is 13.3. The van der Waals surface area contributed by atoms with Gasteiger partial charge in [-0.1, -0.05) is 51.5 Å². The minimum atomic E-state index is -0.205. The second-order valence-electron chi connectivity index (χ2n) is 3.36. The van der Waals surface area contributed by atoms with Crippen molar-refractivity contribution in [1.82, 2.24) is 5.32 Å². The van der Waals surface area contributed by atoms with Gasteiger partial charge in [-0.3, -0.25) is 4.79 Å². The van der Waals surface area contributed by atoms with Gasteiger partial charge in [-0.25, -0.2) is 0 Å². The van der Waals surface area contributed by atoms with Crippen molar-refractivity contribution in [3.05, 3.63) is 32.1 Å². The van der Waals surface area contributed by atoms with Crippen LogP contribution in [0.4, 0.5) is 0 Å². The lowest BCUT2D eigenvalue weighted by atomic mass is 10.2. The molecule has 2 rings (SSSR count). The zero-order valence-electron chi connectivity index (χ0n) is 9.12. The SMILES string of the molecule is COc1c(Cl)cc(Br)cc1/C=C1\SC(=S)NC1=O. The third-order valence-corrected chi connectivity index (χ3v) is 4.07. The summed E-state index contributed by atoms with van der Waals surface area (Å²) >= 11 is 15.6. The van der Waals surface area contributed by atoms with Gasteiger partial charge in [0.1, 0.15) is 10.1 Å². The molecule has 3 nitrogen and oxygen atoms in total. The fourth-order valence-electron chi connectivity index (χ4n) is 1.47. The van der Waals surface area contributed by atoms with E-state index in [1.807, 2.05) is 6.07 Å². The third-order valence-electron chi connectivity index (χ3n) is 2.17. The first-order valence-corrected chi connectivity index (χ1v) is 7.18. The van der Waals surface area contributed by atoms with Crippen molar-refractivity contribution in [3.63, 3.8) is 0 Å². The molecule has 0 aliphatic carbocycles. The highest BCUT2D eigenvalue weighted by molar-refractivity contribution is 9.10. The summed E-state index contributed by atoms with van der Waals surface area (Å²) in [6.45, 7) is 0. The van der Waals surface area contributed by atoms with Gasteiger partial charge in [-0.2, -0.15) is 0 Å². The Labute approximate surface area is 127 Å². The van der Waals surface area contributed by atoms with Gasteiger partial charge in [0.05, 0.1) is 17.0 Å². The highest BCUT2D eigenvalue weighted by Crippen LogP contribution is 2.35. The fraction of sp³-hybridized carbons (Fsp3) is 0.0909. The Bertz CT molecular complexity index is 574. The molecular weight excluding hydrogens is 358 g/mol. The molecule has 0 atom stereocenters. The van der Waals surface area contributed by atoms with Crippen molar-refractivity contribution in [2.75, 3.05) is 7.11 Å². The number of ether oxygens (including phenoxy) is 1. The summed E-state index contributed by atoms with van der Waals surface area (Å²) in [6, 6.07) is 3.56. The summed E-state index contributed by atoms with van der Waals surface area (Å²) < 4.78 is 6.49. The molecule has 0 spiro atoms. The Kier molecular flexibility index (Phi) is 4.32. The summed E-state index contributed by atoms with van der Waals surface area (Å²) in [6.07, 6.45) is 1.70. The van der Waals surface area contributed by atoms with E-state index in [9.17, 15) is 4.79 Å². The molecule has 0 aromatic heterocycles. The number of carbonyl (C=O) groups is 1. The topological polar surface area (TPSA) is 38.3 Å². The number of halogens is 2. The summed E-state index contributed by atoms with van der Waals surface area (Å²) in [5.41, 5.74) is 0.722. The van der Waals surface area contributed by atoms with Crippen LogP contribution in [-0.2, 0) is 4.79 Å². The highest BCUT2D eigenvalue weighted by atomic mass is 79.9. The Hall–Kier alpha value is -0.560. The molecule has 94 valence electrons.